The molecule has 1 saturated heterocycles. The molecule has 1 fully saturated rings. The van der Waals surface area contributed by atoms with Crippen LogP contribution < -0.4 is 5.73 Å². The third kappa shape index (κ3) is 4.55. The number of hydrogen-bond acceptors (Lipinski definition) is 3. The van der Waals surface area contributed by atoms with E-state index in [1.165, 1.54) is 5.56 Å². The Bertz CT molecular complexity index is 399. The number of aliphatic hydroxyl groups excluding tert-OH is 1. The Morgan fingerprint density at radius 3 is 2.45 bits per heavy atom. The number of likely N-dealkylation sites (tertiary alicyclic amines) is 1. The lowest BCUT2D eigenvalue weighted by Gasteiger charge is -2.33. The van der Waals surface area contributed by atoms with Crippen LogP contribution >= 0.6 is 15.9 Å². The van der Waals surface area contributed by atoms with E-state index in [4.69, 9.17) is 5.73 Å². The van der Waals surface area contributed by atoms with Crippen LogP contribution in [0.25, 0.3) is 0 Å². The van der Waals surface area contributed by atoms with Gasteiger partial charge in [-0.25, -0.2) is 0 Å². The molecule has 2 rings (SSSR count). The Labute approximate surface area is 130 Å². The molecule has 2 atom stereocenters. The summed E-state index contributed by atoms with van der Waals surface area (Å²) in [6.07, 6.45) is 3.03. The van der Waals surface area contributed by atoms with Crippen LogP contribution in [0, 0.1) is 5.92 Å². The largest absolute Gasteiger partial charge is 0.393 e. The Morgan fingerprint density at radius 2 is 1.90 bits per heavy atom. The molecule has 1 aliphatic rings. The van der Waals surface area contributed by atoms with Gasteiger partial charge in [0, 0.05) is 10.5 Å². The van der Waals surface area contributed by atoms with Gasteiger partial charge in [0.05, 0.1) is 6.10 Å². The molecule has 2 unspecified atom stereocenters. The monoisotopic (exact) mass is 340 g/mol. The maximum Gasteiger partial charge on any atom is 0.0541 e. The Hall–Kier alpha value is -0.420. The highest BCUT2D eigenvalue weighted by molar-refractivity contribution is 9.10. The molecule has 1 aliphatic heterocycles. The fraction of sp³-hybridized carbons (Fsp3) is 0.625. The normalized spacial score (nSPS) is 20.8. The van der Waals surface area contributed by atoms with E-state index in [0.29, 0.717) is 5.92 Å². The van der Waals surface area contributed by atoms with E-state index >= 15 is 0 Å². The molecule has 4 heteroatoms. The molecule has 0 bridgehead atoms. The lowest BCUT2D eigenvalue weighted by Crippen LogP contribution is -2.38. The molecule has 1 aromatic carbocycles. The molecule has 0 aliphatic carbocycles. The zero-order chi connectivity index (χ0) is 14.5. The van der Waals surface area contributed by atoms with Crippen LogP contribution in [0.2, 0.25) is 0 Å². The molecule has 20 heavy (non-hydrogen) atoms. The Balaban J connectivity index is 1.74. The summed E-state index contributed by atoms with van der Waals surface area (Å²) in [5.74, 6) is 0.478. The van der Waals surface area contributed by atoms with Crippen molar-refractivity contribution in [2.45, 2.75) is 38.3 Å². The van der Waals surface area contributed by atoms with Crippen molar-refractivity contribution >= 4 is 15.9 Å². The molecule has 0 amide bonds. The average Bonchev–Trinajstić information content (AvgIpc) is 2.46. The zero-order valence-corrected chi connectivity index (χ0v) is 13.7. The lowest BCUT2D eigenvalue weighted by atomic mass is 9.92. The Kier molecular flexibility index (Phi) is 6.02. The van der Waals surface area contributed by atoms with Gasteiger partial charge in [-0.3, -0.25) is 0 Å². The second-order valence-corrected chi connectivity index (χ2v) is 6.78. The van der Waals surface area contributed by atoms with Crippen LogP contribution in [-0.2, 0) is 0 Å². The summed E-state index contributed by atoms with van der Waals surface area (Å²) in [5.41, 5.74) is 7.46. The Morgan fingerprint density at radius 1 is 1.30 bits per heavy atom. The minimum absolute atomic E-state index is 0.109. The van der Waals surface area contributed by atoms with Gasteiger partial charge in [-0.2, -0.15) is 0 Å². The van der Waals surface area contributed by atoms with E-state index in [1.54, 1.807) is 0 Å². The zero-order valence-electron chi connectivity index (χ0n) is 12.1. The van der Waals surface area contributed by atoms with Crippen molar-refractivity contribution in [2.75, 3.05) is 19.6 Å². The van der Waals surface area contributed by atoms with Gasteiger partial charge in [0.1, 0.15) is 0 Å². The fourth-order valence-corrected chi connectivity index (χ4v) is 3.12. The summed E-state index contributed by atoms with van der Waals surface area (Å²) in [7, 11) is 0. The van der Waals surface area contributed by atoms with Crippen LogP contribution in [-0.4, -0.2) is 35.7 Å². The highest BCUT2D eigenvalue weighted by atomic mass is 79.9. The molecule has 112 valence electrons. The smallest absolute Gasteiger partial charge is 0.0541 e. The van der Waals surface area contributed by atoms with E-state index in [1.807, 2.05) is 19.1 Å². The predicted octanol–water partition coefficient (Wildman–Crippen LogP) is 2.93. The number of nitrogens with two attached hydrogens (primary N) is 1. The SMILES string of the molecule is CC(O)C1CCN(CCC(N)c2ccc(Br)cc2)CC1. The van der Waals surface area contributed by atoms with Crippen LogP contribution in [0.1, 0.15) is 37.8 Å². The number of piperidine rings is 1. The molecule has 0 saturated carbocycles. The standard InChI is InChI=1S/C16H25BrN2O/c1-12(20)13-6-9-19(10-7-13)11-8-16(18)14-2-4-15(17)5-3-14/h2-5,12-13,16,20H,6-11,18H2,1H3. The van der Waals surface area contributed by atoms with Crippen molar-refractivity contribution in [2.24, 2.45) is 11.7 Å². The summed E-state index contributed by atoms with van der Waals surface area (Å²) >= 11 is 3.44. The molecule has 3 N–H and O–H groups in total. The number of rotatable bonds is 5. The van der Waals surface area contributed by atoms with Crippen molar-refractivity contribution in [3.05, 3.63) is 34.3 Å². The van der Waals surface area contributed by atoms with Crippen LogP contribution in [0.5, 0.6) is 0 Å². The highest BCUT2D eigenvalue weighted by Gasteiger charge is 2.22. The molecular formula is C16H25BrN2O. The molecule has 0 aromatic heterocycles. The number of benzene rings is 1. The van der Waals surface area contributed by atoms with Crippen molar-refractivity contribution in [1.29, 1.82) is 0 Å². The van der Waals surface area contributed by atoms with E-state index in [2.05, 4.69) is 33.0 Å². The van der Waals surface area contributed by atoms with Gasteiger partial charge in [-0.15, -0.1) is 0 Å². The lowest BCUT2D eigenvalue weighted by molar-refractivity contribution is 0.0709. The molecule has 0 spiro atoms. The van der Waals surface area contributed by atoms with E-state index in [9.17, 15) is 5.11 Å². The molecule has 1 aromatic rings. The average molecular weight is 341 g/mol. The molecule has 1 heterocycles. The first-order chi connectivity index (χ1) is 9.56. The fourth-order valence-electron chi connectivity index (χ4n) is 2.86. The quantitative estimate of drug-likeness (QED) is 0.866. The van der Waals surface area contributed by atoms with Gasteiger partial charge in [0.15, 0.2) is 0 Å². The minimum atomic E-state index is -0.165. The number of nitrogens with zero attached hydrogens (tertiary/aromatic N) is 1. The van der Waals surface area contributed by atoms with E-state index in [-0.39, 0.29) is 12.1 Å². The minimum Gasteiger partial charge on any atom is -0.393 e. The first-order valence-electron chi connectivity index (χ1n) is 7.47. The van der Waals surface area contributed by atoms with Crippen LogP contribution in [0.4, 0.5) is 0 Å². The van der Waals surface area contributed by atoms with Crippen LogP contribution in [0.15, 0.2) is 28.7 Å². The van der Waals surface area contributed by atoms with Gasteiger partial charge < -0.3 is 15.7 Å². The van der Waals surface area contributed by atoms with Crippen molar-refractivity contribution in [3.8, 4) is 0 Å². The van der Waals surface area contributed by atoms with Gasteiger partial charge in [0.25, 0.3) is 0 Å². The molecule has 3 nitrogen and oxygen atoms in total. The summed E-state index contributed by atoms with van der Waals surface area (Å²) in [6, 6.07) is 8.38. The maximum atomic E-state index is 9.61. The van der Waals surface area contributed by atoms with Crippen molar-refractivity contribution in [1.82, 2.24) is 4.90 Å². The third-order valence-electron chi connectivity index (χ3n) is 4.37. The molecular weight excluding hydrogens is 316 g/mol. The van der Waals surface area contributed by atoms with Crippen molar-refractivity contribution in [3.63, 3.8) is 0 Å². The molecule has 0 radical (unpaired) electrons. The summed E-state index contributed by atoms with van der Waals surface area (Å²) in [5, 5.41) is 9.61. The van der Waals surface area contributed by atoms with Gasteiger partial charge in [-0.05, 0) is 69.4 Å². The first kappa shape index (κ1) is 16.0. The topological polar surface area (TPSA) is 49.5 Å². The van der Waals surface area contributed by atoms with E-state index < -0.39 is 0 Å². The van der Waals surface area contributed by atoms with Crippen LogP contribution in [0.3, 0.4) is 0 Å². The number of aliphatic hydroxyl groups is 1. The van der Waals surface area contributed by atoms with E-state index in [0.717, 1.165) is 43.4 Å². The summed E-state index contributed by atoms with van der Waals surface area (Å²) in [4.78, 5) is 2.47. The summed E-state index contributed by atoms with van der Waals surface area (Å²) < 4.78 is 1.09. The third-order valence-corrected chi connectivity index (χ3v) is 4.90. The summed E-state index contributed by atoms with van der Waals surface area (Å²) in [6.45, 7) is 5.12. The maximum absolute atomic E-state index is 9.61. The van der Waals surface area contributed by atoms with Gasteiger partial charge in [0.2, 0.25) is 0 Å². The highest BCUT2D eigenvalue weighted by Crippen LogP contribution is 2.22. The number of hydrogen-bond donors (Lipinski definition) is 2. The van der Waals surface area contributed by atoms with Gasteiger partial charge in [-0.1, -0.05) is 28.1 Å². The van der Waals surface area contributed by atoms with Gasteiger partial charge >= 0.3 is 0 Å². The number of halogens is 1. The predicted molar refractivity (Wildman–Crippen MR) is 86.5 cm³/mol. The second-order valence-electron chi connectivity index (χ2n) is 5.87. The van der Waals surface area contributed by atoms with Crippen molar-refractivity contribution < 1.29 is 5.11 Å². The first-order valence-corrected chi connectivity index (χ1v) is 8.27. The second kappa shape index (κ2) is 7.55.